The van der Waals surface area contributed by atoms with Crippen molar-refractivity contribution in [2.75, 3.05) is 0 Å². The molecule has 62 valence electrons. The van der Waals surface area contributed by atoms with Gasteiger partial charge in [-0.3, -0.25) is 4.75 Å². The Morgan fingerprint density at radius 2 is 2.45 bits per heavy atom. The van der Waals surface area contributed by atoms with Gasteiger partial charge in [0.15, 0.2) is 0 Å². The van der Waals surface area contributed by atoms with Crippen LogP contribution in [0.1, 0.15) is 19.3 Å². The van der Waals surface area contributed by atoms with Gasteiger partial charge in [0.25, 0.3) is 0 Å². The van der Waals surface area contributed by atoms with Gasteiger partial charge in [-0.2, -0.15) is 4.98 Å². The van der Waals surface area contributed by atoms with Crippen LogP contribution in [-0.2, 0) is 6.54 Å². The van der Waals surface area contributed by atoms with Gasteiger partial charge in [0.05, 0.1) is 5.43 Å². The molecule has 1 aromatic heterocycles. The summed E-state index contributed by atoms with van der Waals surface area (Å²) in [6.07, 6.45) is 0. The van der Waals surface area contributed by atoms with Crippen molar-refractivity contribution in [3.05, 3.63) is 15.9 Å². The molecule has 0 aliphatic carbocycles. The molecule has 1 atom stereocenters. The first-order chi connectivity index (χ1) is 5.18. The van der Waals surface area contributed by atoms with Crippen LogP contribution in [0, 0.1) is 0 Å². The van der Waals surface area contributed by atoms with E-state index in [0.717, 1.165) is 12.0 Å². The van der Waals surface area contributed by atoms with Gasteiger partial charge in [-0.05, 0) is 8.35 Å². The lowest BCUT2D eigenvalue weighted by Gasteiger charge is -2.03. The number of aromatic amines is 1. The van der Waals surface area contributed by atoms with E-state index in [4.69, 9.17) is 0 Å². The highest BCUT2D eigenvalue weighted by Gasteiger charge is 1.97. The van der Waals surface area contributed by atoms with E-state index in [2.05, 4.69) is 28.9 Å². The van der Waals surface area contributed by atoms with E-state index in [1.54, 1.807) is 0 Å². The first-order valence-electron chi connectivity index (χ1n) is 3.55. The van der Waals surface area contributed by atoms with E-state index < -0.39 is 0 Å². The molecule has 1 unspecified atom stereocenters. The molecule has 2 N–H and O–H groups in total. The van der Waals surface area contributed by atoms with Gasteiger partial charge >= 0.3 is 5.69 Å². The summed E-state index contributed by atoms with van der Waals surface area (Å²) in [5.41, 5.74) is 0.715. The van der Waals surface area contributed by atoms with E-state index in [-0.39, 0.29) is 5.69 Å². The average Bonchev–Trinajstić information content (AvgIpc) is 2.31. The van der Waals surface area contributed by atoms with Crippen LogP contribution in [0.4, 0.5) is 0 Å². The molecule has 4 nitrogen and oxygen atoms in total. The molecule has 0 aliphatic heterocycles. The number of hydrogen-bond acceptors (Lipinski definition) is 3. The Morgan fingerprint density at radius 1 is 1.73 bits per heavy atom. The maximum atomic E-state index is 10.6. The fourth-order valence-electron chi connectivity index (χ4n) is 0.689. The lowest BCUT2D eigenvalue weighted by atomic mass is 10.4. The van der Waals surface area contributed by atoms with Gasteiger partial charge in [-0.15, -0.1) is 0 Å². The first kappa shape index (κ1) is 8.50. The lowest BCUT2D eigenvalue weighted by Crippen LogP contribution is -2.22. The third kappa shape index (κ3) is 2.87. The van der Waals surface area contributed by atoms with E-state index in [1.807, 2.05) is 0 Å². The van der Waals surface area contributed by atoms with E-state index >= 15 is 0 Å². The molecule has 0 bridgehead atoms. The summed E-state index contributed by atoms with van der Waals surface area (Å²) in [4.78, 5) is 14.4. The standard InChI is InChI=1S/C6H12N3OP/c1-4(2)7-3-5-8-6(10)9-11-5/h4,7,11H,3H2,1-2H3,(H,9,10). The van der Waals surface area contributed by atoms with Gasteiger partial charge in [0.2, 0.25) is 0 Å². The first-order valence-corrected chi connectivity index (χ1v) is 4.55. The van der Waals surface area contributed by atoms with Crippen molar-refractivity contribution < 1.29 is 0 Å². The minimum Gasteiger partial charge on any atom is -0.309 e. The number of nitrogens with zero attached hydrogens (tertiary/aromatic N) is 1. The molecule has 0 saturated carbocycles. The molecule has 1 rings (SSSR count). The van der Waals surface area contributed by atoms with Crippen LogP contribution in [0.3, 0.4) is 0 Å². The van der Waals surface area contributed by atoms with E-state index in [0.29, 0.717) is 14.4 Å². The summed E-state index contributed by atoms with van der Waals surface area (Å²) in [6.45, 7) is 4.84. The predicted octanol–water partition coefficient (Wildman–Crippen LogP) is 0.299. The smallest absolute Gasteiger partial charge is 0.309 e. The monoisotopic (exact) mass is 173 g/mol. The SMILES string of the molecule is CC(C)NCc1nc(=O)[nH][pH]1. The zero-order valence-electron chi connectivity index (χ0n) is 6.64. The molecule has 0 aliphatic rings. The maximum Gasteiger partial charge on any atom is 0.348 e. The van der Waals surface area contributed by atoms with Crippen molar-refractivity contribution >= 4 is 8.35 Å². The highest BCUT2D eigenvalue weighted by molar-refractivity contribution is 7.26. The maximum absolute atomic E-state index is 10.6. The molecular weight excluding hydrogens is 161 g/mol. The lowest BCUT2D eigenvalue weighted by molar-refractivity contribution is 0.587. The summed E-state index contributed by atoms with van der Waals surface area (Å²) < 4.78 is 2.64. The Labute approximate surface area is 66.6 Å². The van der Waals surface area contributed by atoms with Crippen molar-refractivity contribution in [1.29, 1.82) is 0 Å². The van der Waals surface area contributed by atoms with Crippen LogP contribution in [-0.4, -0.2) is 15.8 Å². The van der Waals surface area contributed by atoms with Crippen LogP contribution in [0.2, 0.25) is 0 Å². The van der Waals surface area contributed by atoms with Crippen molar-refractivity contribution in [1.82, 2.24) is 15.0 Å². The predicted molar refractivity (Wildman–Crippen MR) is 46.3 cm³/mol. The van der Waals surface area contributed by atoms with Crippen molar-refractivity contribution in [3.63, 3.8) is 0 Å². The minimum absolute atomic E-state index is 0.205. The number of nitrogens with one attached hydrogen (secondary N) is 2. The summed E-state index contributed by atoms with van der Waals surface area (Å²) in [5, 5.41) is 3.19. The summed E-state index contributed by atoms with van der Waals surface area (Å²) in [6, 6.07) is 0.443. The summed E-state index contributed by atoms with van der Waals surface area (Å²) in [7, 11) is 0.368. The third-order valence-corrected chi connectivity index (χ3v) is 2.14. The quantitative estimate of drug-likeness (QED) is 0.691. The number of rotatable bonds is 3. The highest BCUT2D eigenvalue weighted by Crippen LogP contribution is 2.02. The number of aromatic nitrogens is 2. The summed E-state index contributed by atoms with van der Waals surface area (Å²) >= 11 is 0. The van der Waals surface area contributed by atoms with Gasteiger partial charge < -0.3 is 5.32 Å². The van der Waals surface area contributed by atoms with E-state index in [9.17, 15) is 4.79 Å². The Kier molecular flexibility index (Phi) is 2.85. The van der Waals surface area contributed by atoms with Gasteiger partial charge in [-0.1, -0.05) is 13.8 Å². The van der Waals surface area contributed by atoms with E-state index in [1.165, 1.54) is 0 Å². The fourth-order valence-corrected chi connectivity index (χ4v) is 1.34. The molecule has 0 spiro atoms. The molecule has 0 radical (unpaired) electrons. The molecule has 11 heavy (non-hydrogen) atoms. The second-order valence-corrected chi connectivity index (χ2v) is 3.73. The van der Waals surface area contributed by atoms with Crippen LogP contribution >= 0.6 is 8.35 Å². The Morgan fingerprint density at radius 3 is 2.91 bits per heavy atom. The molecule has 0 amide bonds. The van der Waals surface area contributed by atoms with Crippen molar-refractivity contribution in [2.24, 2.45) is 0 Å². The number of hydrogen-bond donors (Lipinski definition) is 2. The van der Waals surface area contributed by atoms with Crippen molar-refractivity contribution in [2.45, 2.75) is 26.4 Å². The topological polar surface area (TPSA) is 57.8 Å². The fraction of sp³-hybridized carbons (Fsp3) is 0.667. The zero-order chi connectivity index (χ0) is 8.27. The zero-order valence-corrected chi connectivity index (χ0v) is 7.64. The Bertz CT molecular complexity index is 265. The molecule has 1 heterocycles. The average molecular weight is 173 g/mol. The highest BCUT2D eigenvalue weighted by atomic mass is 31.0. The molecular formula is C6H12N3OP. The second kappa shape index (κ2) is 3.69. The number of H-pyrrole nitrogens is 1. The Balaban J connectivity index is 2.45. The van der Waals surface area contributed by atoms with Gasteiger partial charge in [0, 0.05) is 12.6 Å². The normalized spacial score (nSPS) is 11.5. The van der Waals surface area contributed by atoms with Crippen LogP contribution in [0.25, 0.3) is 0 Å². The molecule has 0 fully saturated rings. The third-order valence-electron chi connectivity index (χ3n) is 1.23. The molecule has 1 aromatic rings. The van der Waals surface area contributed by atoms with Crippen LogP contribution in [0.5, 0.6) is 0 Å². The largest absolute Gasteiger partial charge is 0.348 e. The van der Waals surface area contributed by atoms with Crippen LogP contribution in [0.15, 0.2) is 4.79 Å². The molecule has 5 heteroatoms. The Hall–Kier alpha value is -0.600. The molecule has 0 aromatic carbocycles. The van der Waals surface area contributed by atoms with Gasteiger partial charge in [0.1, 0.15) is 0 Å². The van der Waals surface area contributed by atoms with Crippen LogP contribution < -0.4 is 11.0 Å². The van der Waals surface area contributed by atoms with Crippen molar-refractivity contribution in [3.8, 4) is 0 Å². The summed E-state index contributed by atoms with van der Waals surface area (Å²) in [5.74, 6) is 0. The second-order valence-electron chi connectivity index (χ2n) is 2.65. The molecule has 0 saturated heterocycles. The van der Waals surface area contributed by atoms with Gasteiger partial charge in [-0.25, -0.2) is 4.79 Å². The minimum atomic E-state index is -0.205.